The van der Waals surface area contributed by atoms with Gasteiger partial charge in [-0.15, -0.1) is 22.7 Å². The Labute approximate surface area is 161 Å². The molecule has 1 fully saturated rings. The molecule has 1 aliphatic rings. The average Bonchev–Trinajstić information content (AvgIpc) is 3.30. The molecule has 0 spiro atoms. The second-order valence-electron chi connectivity index (χ2n) is 7.30. The van der Waals surface area contributed by atoms with Crippen LogP contribution in [0, 0.1) is 12.8 Å². The van der Waals surface area contributed by atoms with Gasteiger partial charge in [0.15, 0.2) is 0 Å². The van der Waals surface area contributed by atoms with Crippen molar-refractivity contribution in [1.29, 1.82) is 0 Å². The van der Waals surface area contributed by atoms with Gasteiger partial charge in [0, 0.05) is 13.0 Å². The number of thiazole rings is 2. The van der Waals surface area contributed by atoms with Gasteiger partial charge in [-0.05, 0) is 37.8 Å². The van der Waals surface area contributed by atoms with Crippen molar-refractivity contribution in [3.8, 4) is 0 Å². The molecule has 4 nitrogen and oxygen atoms in total. The lowest BCUT2D eigenvalue weighted by atomic mass is 10.1. The number of nitrogens with zero attached hydrogens (tertiary/aromatic N) is 3. The number of aromatic nitrogens is 2. The highest BCUT2D eigenvalue weighted by molar-refractivity contribution is 7.18. The molecule has 0 radical (unpaired) electrons. The topological polar surface area (TPSA) is 46.1 Å². The average molecular weight is 386 g/mol. The summed E-state index contributed by atoms with van der Waals surface area (Å²) in [5.74, 6) is 0.669. The van der Waals surface area contributed by atoms with E-state index in [0.717, 1.165) is 51.9 Å². The Bertz CT molecular complexity index is 911. The lowest BCUT2D eigenvalue weighted by Crippen LogP contribution is -2.30. The molecule has 1 aliphatic heterocycles. The maximum absolute atomic E-state index is 13.2. The van der Waals surface area contributed by atoms with Crippen molar-refractivity contribution in [3.05, 3.63) is 44.9 Å². The summed E-state index contributed by atoms with van der Waals surface area (Å²) in [5.41, 5.74) is 1.89. The van der Waals surface area contributed by atoms with Gasteiger partial charge in [0.2, 0.25) is 0 Å². The smallest absolute Gasteiger partial charge is 0.266 e. The van der Waals surface area contributed by atoms with E-state index in [0.29, 0.717) is 5.92 Å². The van der Waals surface area contributed by atoms with E-state index in [-0.39, 0.29) is 11.9 Å². The fourth-order valence-corrected chi connectivity index (χ4v) is 5.86. The van der Waals surface area contributed by atoms with Crippen LogP contribution in [0.5, 0.6) is 0 Å². The van der Waals surface area contributed by atoms with Gasteiger partial charge >= 0.3 is 0 Å². The number of hydrogen-bond donors (Lipinski definition) is 0. The molecule has 26 heavy (non-hydrogen) atoms. The fourth-order valence-electron chi connectivity index (χ4n) is 3.52. The first-order chi connectivity index (χ1) is 12.5. The molecule has 4 rings (SSSR count). The van der Waals surface area contributed by atoms with Crippen LogP contribution in [-0.2, 0) is 6.42 Å². The molecule has 0 bridgehead atoms. The second kappa shape index (κ2) is 7.08. The minimum Gasteiger partial charge on any atom is -0.328 e. The summed E-state index contributed by atoms with van der Waals surface area (Å²) in [5, 5.41) is 2.12. The number of carbonyl (C=O) groups excluding carboxylic acids is 1. The Morgan fingerprint density at radius 1 is 1.27 bits per heavy atom. The molecule has 136 valence electrons. The minimum atomic E-state index is 0.0925. The van der Waals surface area contributed by atoms with E-state index in [4.69, 9.17) is 4.98 Å². The number of benzene rings is 1. The SMILES string of the molecule is Cc1nc(CC(C)C)sc1C(=O)N1CCCC1c1nc2ccccc2s1. The monoisotopic (exact) mass is 385 g/mol. The Hall–Kier alpha value is -1.79. The highest BCUT2D eigenvalue weighted by Crippen LogP contribution is 2.38. The van der Waals surface area contributed by atoms with E-state index in [2.05, 4.69) is 24.9 Å². The van der Waals surface area contributed by atoms with Crippen molar-refractivity contribution in [3.63, 3.8) is 0 Å². The highest BCUT2D eigenvalue weighted by atomic mass is 32.1. The molecule has 1 unspecified atom stereocenters. The summed E-state index contributed by atoms with van der Waals surface area (Å²) in [6.07, 6.45) is 2.95. The summed E-state index contributed by atoms with van der Waals surface area (Å²) >= 11 is 3.28. The number of aryl methyl sites for hydroxylation is 1. The number of fused-ring (bicyclic) bond motifs is 1. The van der Waals surface area contributed by atoms with Crippen molar-refractivity contribution in [2.45, 2.75) is 46.1 Å². The largest absolute Gasteiger partial charge is 0.328 e. The van der Waals surface area contributed by atoms with Crippen LogP contribution >= 0.6 is 22.7 Å². The Morgan fingerprint density at radius 2 is 2.08 bits per heavy atom. The summed E-state index contributed by atoms with van der Waals surface area (Å²) in [6, 6.07) is 8.29. The lowest BCUT2D eigenvalue weighted by molar-refractivity contribution is 0.0739. The first-order valence-corrected chi connectivity index (χ1v) is 10.8. The molecule has 1 saturated heterocycles. The van der Waals surface area contributed by atoms with E-state index in [1.807, 2.05) is 30.0 Å². The van der Waals surface area contributed by atoms with Crippen molar-refractivity contribution in [2.75, 3.05) is 6.54 Å². The van der Waals surface area contributed by atoms with Gasteiger partial charge in [-0.25, -0.2) is 9.97 Å². The number of carbonyl (C=O) groups is 1. The van der Waals surface area contributed by atoms with Crippen LogP contribution in [0.1, 0.15) is 58.1 Å². The van der Waals surface area contributed by atoms with Gasteiger partial charge < -0.3 is 4.90 Å². The molecule has 0 aliphatic carbocycles. The molecule has 6 heteroatoms. The van der Waals surface area contributed by atoms with Crippen molar-refractivity contribution >= 4 is 38.8 Å². The molecule has 3 aromatic rings. The van der Waals surface area contributed by atoms with E-state index in [9.17, 15) is 4.79 Å². The van der Waals surface area contributed by atoms with Gasteiger partial charge in [0.1, 0.15) is 9.88 Å². The Morgan fingerprint density at radius 3 is 2.85 bits per heavy atom. The zero-order valence-electron chi connectivity index (χ0n) is 15.4. The molecule has 3 heterocycles. The quantitative estimate of drug-likeness (QED) is 0.617. The number of para-hydroxylation sites is 1. The molecule has 1 atom stereocenters. The third-order valence-electron chi connectivity index (χ3n) is 4.73. The van der Waals surface area contributed by atoms with Gasteiger partial charge in [-0.3, -0.25) is 4.79 Å². The fraction of sp³-hybridized carbons (Fsp3) is 0.450. The summed E-state index contributed by atoms with van der Waals surface area (Å²) in [7, 11) is 0. The molecule has 0 N–H and O–H groups in total. The lowest BCUT2D eigenvalue weighted by Gasteiger charge is -2.22. The van der Waals surface area contributed by atoms with Gasteiger partial charge in [0.25, 0.3) is 5.91 Å². The third-order valence-corrected chi connectivity index (χ3v) is 7.03. The second-order valence-corrected chi connectivity index (χ2v) is 9.44. The molecular weight excluding hydrogens is 362 g/mol. The molecule has 1 amide bonds. The van der Waals surface area contributed by atoms with Crippen LogP contribution in [0.15, 0.2) is 24.3 Å². The minimum absolute atomic E-state index is 0.0925. The summed E-state index contributed by atoms with van der Waals surface area (Å²) in [4.78, 5) is 25.5. The van der Waals surface area contributed by atoms with E-state index >= 15 is 0 Å². The van der Waals surface area contributed by atoms with E-state index < -0.39 is 0 Å². The van der Waals surface area contributed by atoms with Crippen LogP contribution in [0.4, 0.5) is 0 Å². The maximum atomic E-state index is 13.2. The van der Waals surface area contributed by atoms with Crippen molar-refractivity contribution in [1.82, 2.24) is 14.9 Å². The summed E-state index contributed by atoms with van der Waals surface area (Å²) < 4.78 is 1.19. The maximum Gasteiger partial charge on any atom is 0.266 e. The van der Waals surface area contributed by atoms with Crippen LogP contribution in [0.3, 0.4) is 0 Å². The summed E-state index contributed by atoms with van der Waals surface area (Å²) in [6.45, 7) is 7.12. The zero-order chi connectivity index (χ0) is 18.3. The molecule has 2 aromatic heterocycles. The Kier molecular flexibility index (Phi) is 4.80. The van der Waals surface area contributed by atoms with Crippen molar-refractivity contribution < 1.29 is 4.79 Å². The van der Waals surface area contributed by atoms with Gasteiger partial charge in [0.05, 0.1) is 27.0 Å². The first kappa shape index (κ1) is 17.6. The molecule has 0 saturated carbocycles. The Balaban J connectivity index is 1.62. The normalized spacial score (nSPS) is 17.5. The van der Waals surface area contributed by atoms with Crippen LogP contribution in [0.2, 0.25) is 0 Å². The highest BCUT2D eigenvalue weighted by Gasteiger charge is 2.34. The van der Waals surface area contributed by atoms with Gasteiger partial charge in [-0.1, -0.05) is 26.0 Å². The zero-order valence-corrected chi connectivity index (χ0v) is 17.0. The third kappa shape index (κ3) is 3.28. The molecule has 1 aromatic carbocycles. The number of hydrogen-bond acceptors (Lipinski definition) is 5. The standard InChI is InChI=1S/C20H23N3OS2/c1-12(2)11-17-21-13(3)18(26-17)20(24)23-10-6-8-15(23)19-22-14-7-4-5-9-16(14)25-19/h4-5,7,9,12,15H,6,8,10-11H2,1-3H3. The van der Waals surface area contributed by atoms with Crippen LogP contribution < -0.4 is 0 Å². The number of rotatable bonds is 4. The van der Waals surface area contributed by atoms with Crippen LogP contribution in [-0.4, -0.2) is 27.3 Å². The van der Waals surface area contributed by atoms with E-state index in [1.54, 1.807) is 22.7 Å². The van der Waals surface area contributed by atoms with Crippen LogP contribution in [0.25, 0.3) is 10.2 Å². The van der Waals surface area contributed by atoms with Gasteiger partial charge in [-0.2, -0.15) is 0 Å². The van der Waals surface area contributed by atoms with E-state index in [1.165, 1.54) is 4.70 Å². The number of likely N-dealkylation sites (tertiary alicyclic amines) is 1. The first-order valence-electron chi connectivity index (χ1n) is 9.15. The molecular formula is C20H23N3OS2. The van der Waals surface area contributed by atoms with Crippen molar-refractivity contribution in [2.24, 2.45) is 5.92 Å². The predicted molar refractivity (Wildman–Crippen MR) is 108 cm³/mol. The predicted octanol–water partition coefficient (Wildman–Crippen LogP) is 5.24. The number of amides is 1.